The third-order valence-corrected chi connectivity index (χ3v) is 4.46. The van der Waals surface area contributed by atoms with Gasteiger partial charge in [0.1, 0.15) is 5.15 Å². The molecule has 100 valence electrons. The summed E-state index contributed by atoms with van der Waals surface area (Å²) in [4.78, 5) is 11.9. The molecule has 0 aliphatic heterocycles. The van der Waals surface area contributed by atoms with Crippen LogP contribution in [0.15, 0.2) is 18.2 Å². The molecule has 0 unspecified atom stereocenters. The monoisotopic (exact) mass is 278 g/mol. The number of carboxylic acids is 1. The van der Waals surface area contributed by atoms with Crippen LogP contribution in [-0.2, 0) is 10.2 Å². The summed E-state index contributed by atoms with van der Waals surface area (Å²) < 4.78 is 0. The molecule has 1 heterocycles. The van der Waals surface area contributed by atoms with Gasteiger partial charge in [0.25, 0.3) is 0 Å². The van der Waals surface area contributed by atoms with Gasteiger partial charge in [-0.2, -0.15) is 5.10 Å². The third-order valence-electron chi connectivity index (χ3n) is 4.17. The van der Waals surface area contributed by atoms with Gasteiger partial charge in [-0.3, -0.25) is 9.89 Å². The molecule has 1 aliphatic carbocycles. The maximum absolute atomic E-state index is 11.9. The second-order valence-corrected chi connectivity index (χ2v) is 5.57. The first kappa shape index (κ1) is 12.5. The van der Waals surface area contributed by atoms with E-state index in [0.29, 0.717) is 23.5 Å². The van der Waals surface area contributed by atoms with Crippen LogP contribution in [0, 0.1) is 0 Å². The molecule has 5 heteroatoms. The average Bonchev–Trinajstić information content (AvgIpc) is 2.81. The summed E-state index contributed by atoms with van der Waals surface area (Å²) in [5.41, 5.74) is 0.674. The van der Waals surface area contributed by atoms with E-state index in [0.717, 1.165) is 30.2 Å². The number of halogens is 1. The highest BCUT2D eigenvalue weighted by molar-refractivity contribution is 6.34. The Hall–Kier alpha value is -1.55. The molecule has 0 saturated heterocycles. The number of aromatic nitrogens is 2. The lowest BCUT2D eigenvalue weighted by molar-refractivity contribution is -0.145. The van der Waals surface area contributed by atoms with Gasteiger partial charge in [0.15, 0.2) is 0 Å². The standard InChI is InChI=1S/C14H15ClN2O2/c15-12-9-5-4-6-10(11(9)16-17-12)14(13(18)19)7-2-1-3-8-14/h4-6H,1-3,7-8H2,(H,16,17)(H,18,19). The van der Waals surface area contributed by atoms with E-state index in [1.54, 1.807) is 0 Å². The van der Waals surface area contributed by atoms with Crippen LogP contribution >= 0.6 is 11.6 Å². The second kappa shape index (κ2) is 4.53. The summed E-state index contributed by atoms with van der Waals surface area (Å²) in [6.45, 7) is 0. The lowest BCUT2D eigenvalue weighted by Crippen LogP contribution is -2.38. The predicted octanol–water partition coefficient (Wildman–Crippen LogP) is 3.50. The van der Waals surface area contributed by atoms with E-state index in [4.69, 9.17) is 11.6 Å². The van der Waals surface area contributed by atoms with Gasteiger partial charge >= 0.3 is 5.97 Å². The SMILES string of the molecule is O=C(O)C1(c2cccc3c(Cl)[nH]nc23)CCCCC1. The summed E-state index contributed by atoms with van der Waals surface area (Å²) in [6.07, 6.45) is 4.34. The number of nitrogens with zero attached hydrogens (tertiary/aromatic N) is 1. The second-order valence-electron chi connectivity index (χ2n) is 5.19. The van der Waals surface area contributed by atoms with Crippen molar-refractivity contribution in [1.82, 2.24) is 10.2 Å². The molecule has 2 N–H and O–H groups in total. The number of hydrogen-bond donors (Lipinski definition) is 2. The molecule has 0 amide bonds. The van der Waals surface area contributed by atoms with Gasteiger partial charge in [-0.25, -0.2) is 0 Å². The number of aliphatic carboxylic acids is 1. The molecule has 19 heavy (non-hydrogen) atoms. The van der Waals surface area contributed by atoms with Gasteiger partial charge in [-0.05, 0) is 24.5 Å². The smallest absolute Gasteiger partial charge is 0.314 e. The van der Waals surface area contributed by atoms with E-state index in [1.165, 1.54) is 0 Å². The van der Waals surface area contributed by atoms with Gasteiger partial charge in [0.2, 0.25) is 0 Å². The molecule has 1 aromatic heterocycles. The van der Waals surface area contributed by atoms with Crippen molar-refractivity contribution in [3.05, 3.63) is 28.9 Å². The number of hydrogen-bond acceptors (Lipinski definition) is 2. The Morgan fingerprint density at radius 1 is 1.32 bits per heavy atom. The van der Waals surface area contributed by atoms with Crippen molar-refractivity contribution in [1.29, 1.82) is 0 Å². The van der Waals surface area contributed by atoms with Crippen molar-refractivity contribution in [3.8, 4) is 0 Å². The number of benzene rings is 1. The summed E-state index contributed by atoms with van der Waals surface area (Å²) in [6, 6.07) is 5.60. The Balaban J connectivity index is 2.23. The van der Waals surface area contributed by atoms with Crippen molar-refractivity contribution >= 4 is 28.5 Å². The fourth-order valence-corrected chi connectivity index (χ4v) is 3.34. The molecule has 0 radical (unpaired) electrons. The van der Waals surface area contributed by atoms with Crippen LogP contribution in [0.5, 0.6) is 0 Å². The number of para-hydroxylation sites is 1. The summed E-state index contributed by atoms with van der Waals surface area (Å²) in [7, 11) is 0. The van der Waals surface area contributed by atoms with E-state index >= 15 is 0 Å². The van der Waals surface area contributed by atoms with E-state index in [1.807, 2.05) is 18.2 Å². The van der Waals surface area contributed by atoms with Crippen molar-refractivity contribution in [2.45, 2.75) is 37.5 Å². The zero-order valence-electron chi connectivity index (χ0n) is 10.4. The van der Waals surface area contributed by atoms with E-state index < -0.39 is 11.4 Å². The molecule has 1 fully saturated rings. The van der Waals surface area contributed by atoms with Gasteiger partial charge in [-0.1, -0.05) is 43.0 Å². The van der Waals surface area contributed by atoms with E-state index in [2.05, 4.69) is 10.2 Å². The normalized spacial score (nSPS) is 18.6. The Morgan fingerprint density at radius 2 is 2.05 bits per heavy atom. The highest BCUT2D eigenvalue weighted by Gasteiger charge is 2.42. The number of carbonyl (C=O) groups is 1. The summed E-state index contributed by atoms with van der Waals surface area (Å²) >= 11 is 6.04. The maximum atomic E-state index is 11.9. The number of carboxylic acid groups (broad SMARTS) is 1. The molecule has 4 nitrogen and oxygen atoms in total. The number of fused-ring (bicyclic) bond motifs is 1. The molecule has 2 aromatic rings. The van der Waals surface area contributed by atoms with Crippen LogP contribution in [0.2, 0.25) is 5.15 Å². The molecule has 1 aromatic carbocycles. The fraction of sp³-hybridized carbons (Fsp3) is 0.429. The van der Waals surface area contributed by atoms with Crippen LogP contribution in [0.4, 0.5) is 0 Å². The fourth-order valence-electron chi connectivity index (χ4n) is 3.15. The van der Waals surface area contributed by atoms with Crippen LogP contribution in [0.3, 0.4) is 0 Å². The lowest BCUT2D eigenvalue weighted by Gasteiger charge is -2.33. The highest BCUT2D eigenvalue weighted by atomic mass is 35.5. The summed E-state index contributed by atoms with van der Waals surface area (Å²) in [5, 5.41) is 17.9. The molecule has 1 saturated carbocycles. The van der Waals surface area contributed by atoms with Gasteiger partial charge in [-0.15, -0.1) is 0 Å². The Kier molecular flexibility index (Phi) is 2.97. The molecular formula is C14H15ClN2O2. The number of aromatic amines is 1. The zero-order chi connectivity index (χ0) is 13.5. The minimum atomic E-state index is -0.809. The third kappa shape index (κ3) is 1.82. The van der Waals surface area contributed by atoms with Gasteiger partial charge in [0.05, 0.1) is 10.9 Å². The Bertz CT molecular complexity index is 629. The van der Waals surface area contributed by atoms with Crippen molar-refractivity contribution in [3.63, 3.8) is 0 Å². The van der Waals surface area contributed by atoms with Crippen LogP contribution in [0.1, 0.15) is 37.7 Å². The Labute approximate surface area is 115 Å². The van der Waals surface area contributed by atoms with E-state index in [-0.39, 0.29) is 0 Å². The zero-order valence-corrected chi connectivity index (χ0v) is 11.2. The topological polar surface area (TPSA) is 66.0 Å². The van der Waals surface area contributed by atoms with Crippen LogP contribution < -0.4 is 0 Å². The largest absolute Gasteiger partial charge is 0.481 e. The number of rotatable bonds is 2. The first-order valence-electron chi connectivity index (χ1n) is 6.52. The minimum absolute atomic E-state index is 0.466. The molecule has 0 bridgehead atoms. The lowest BCUT2D eigenvalue weighted by atomic mass is 9.69. The average molecular weight is 279 g/mol. The van der Waals surface area contributed by atoms with Crippen molar-refractivity contribution in [2.75, 3.05) is 0 Å². The number of H-pyrrole nitrogens is 1. The van der Waals surface area contributed by atoms with Crippen LogP contribution in [-0.4, -0.2) is 21.3 Å². The quantitative estimate of drug-likeness (QED) is 0.883. The number of nitrogens with one attached hydrogen (secondary N) is 1. The first-order chi connectivity index (χ1) is 9.15. The summed E-state index contributed by atoms with van der Waals surface area (Å²) in [5.74, 6) is -0.751. The van der Waals surface area contributed by atoms with Crippen LogP contribution in [0.25, 0.3) is 10.9 Å². The first-order valence-corrected chi connectivity index (χ1v) is 6.89. The van der Waals surface area contributed by atoms with E-state index in [9.17, 15) is 9.90 Å². The van der Waals surface area contributed by atoms with Gasteiger partial charge in [0, 0.05) is 5.39 Å². The van der Waals surface area contributed by atoms with Gasteiger partial charge < -0.3 is 5.11 Å². The minimum Gasteiger partial charge on any atom is -0.481 e. The molecular weight excluding hydrogens is 264 g/mol. The highest BCUT2D eigenvalue weighted by Crippen LogP contribution is 2.42. The Morgan fingerprint density at radius 3 is 2.74 bits per heavy atom. The molecule has 0 spiro atoms. The van der Waals surface area contributed by atoms with Crippen molar-refractivity contribution < 1.29 is 9.90 Å². The molecule has 3 rings (SSSR count). The predicted molar refractivity (Wildman–Crippen MR) is 73.5 cm³/mol. The maximum Gasteiger partial charge on any atom is 0.314 e. The van der Waals surface area contributed by atoms with Crippen molar-refractivity contribution in [2.24, 2.45) is 0 Å². The molecule has 0 atom stereocenters. The molecule has 1 aliphatic rings.